The first-order valence-corrected chi connectivity index (χ1v) is 2.65. The summed E-state index contributed by atoms with van der Waals surface area (Å²) in [5.41, 5.74) is 0. The molecule has 4 heteroatoms. The molecule has 1 atom stereocenters. The van der Waals surface area contributed by atoms with Crippen LogP contribution in [0, 0.1) is 0 Å². The minimum Gasteiger partial charge on any atom is -0.276 e. The molecule has 0 aliphatic carbocycles. The maximum Gasteiger partial charge on any atom is 0.252 e. The third kappa shape index (κ3) is 0.767. The Balaban J connectivity index is 2.37. The molecule has 0 aromatic carbocycles. The van der Waals surface area contributed by atoms with E-state index in [0.29, 0.717) is 13.2 Å². The van der Waals surface area contributed by atoms with Crippen LogP contribution in [-0.2, 0) is 15.4 Å². The Hall–Kier alpha value is 0.0700. The van der Waals surface area contributed by atoms with E-state index in [4.69, 9.17) is 0 Å². The van der Waals surface area contributed by atoms with Gasteiger partial charge in [0.1, 0.15) is 0 Å². The maximum atomic E-state index is 9.97. The summed E-state index contributed by atoms with van der Waals surface area (Å²) in [5.74, 6) is 0. The molecule has 0 bridgehead atoms. The van der Waals surface area contributed by atoms with Crippen LogP contribution in [0.1, 0.15) is 0 Å². The molecule has 1 unspecified atom stereocenters. The van der Waals surface area contributed by atoms with Crippen molar-refractivity contribution in [3.05, 3.63) is 0 Å². The Labute approximate surface area is 38.5 Å². The zero-order valence-corrected chi connectivity index (χ0v) is 3.90. The SMILES string of the molecule is O=S1[N]CCO1. The Morgan fingerprint density at radius 3 is 2.83 bits per heavy atom. The molecule has 3 nitrogen and oxygen atoms in total. The third-order valence-electron chi connectivity index (χ3n) is 0.472. The first kappa shape index (κ1) is 4.23. The second kappa shape index (κ2) is 1.68. The average Bonchev–Trinajstić information content (AvgIpc) is 1.86. The van der Waals surface area contributed by atoms with Crippen molar-refractivity contribution < 1.29 is 8.39 Å². The lowest BCUT2D eigenvalue weighted by Gasteiger charge is -1.75. The predicted octanol–water partition coefficient (Wildman–Crippen LogP) is -0.800. The molecule has 1 heterocycles. The molecule has 0 aromatic rings. The molecule has 0 aromatic heterocycles. The summed E-state index contributed by atoms with van der Waals surface area (Å²) < 4.78 is 17.9. The van der Waals surface area contributed by atoms with Gasteiger partial charge >= 0.3 is 0 Å². The van der Waals surface area contributed by atoms with E-state index in [1.165, 1.54) is 0 Å². The number of hydrogen-bond acceptors (Lipinski definition) is 2. The highest BCUT2D eigenvalue weighted by molar-refractivity contribution is 7.78. The van der Waals surface area contributed by atoms with E-state index >= 15 is 0 Å². The number of hydrogen-bond donors (Lipinski definition) is 0. The van der Waals surface area contributed by atoms with Crippen molar-refractivity contribution in [1.82, 2.24) is 4.72 Å². The van der Waals surface area contributed by atoms with Crippen molar-refractivity contribution in [2.45, 2.75) is 0 Å². The second-order valence-electron chi connectivity index (χ2n) is 0.892. The molecule has 6 heavy (non-hydrogen) atoms. The fourth-order valence-electron chi connectivity index (χ4n) is 0.258. The lowest BCUT2D eigenvalue weighted by Crippen LogP contribution is -1.96. The summed E-state index contributed by atoms with van der Waals surface area (Å²) in [6, 6.07) is 0. The summed E-state index contributed by atoms with van der Waals surface area (Å²) in [4.78, 5) is 0. The minimum atomic E-state index is -1.30. The summed E-state index contributed by atoms with van der Waals surface area (Å²) in [5, 5.41) is 0. The van der Waals surface area contributed by atoms with Gasteiger partial charge in [0, 0.05) is 0 Å². The molecule has 0 saturated carbocycles. The Morgan fingerprint density at radius 1 is 1.83 bits per heavy atom. The van der Waals surface area contributed by atoms with Crippen LogP contribution >= 0.6 is 0 Å². The van der Waals surface area contributed by atoms with E-state index in [-0.39, 0.29) is 0 Å². The van der Waals surface area contributed by atoms with Gasteiger partial charge < -0.3 is 0 Å². The molecule has 1 saturated heterocycles. The quantitative estimate of drug-likeness (QED) is 0.405. The standard InChI is InChI=1S/C2H4NO2S/c4-6-3-1-2-5-6/h1-2H2. The molecule has 1 aliphatic heterocycles. The number of nitrogens with zero attached hydrogens (tertiary/aromatic N) is 1. The normalized spacial score (nSPS) is 34.3. The zero-order valence-electron chi connectivity index (χ0n) is 3.09. The fraction of sp³-hybridized carbons (Fsp3) is 1.00. The van der Waals surface area contributed by atoms with Gasteiger partial charge in [-0.3, -0.25) is 4.18 Å². The molecular formula is C2H4NO2S. The van der Waals surface area contributed by atoms with Crippen LogP contribution in [0.3, 0.4) is 0 Å². The van der Waals surface area contributed by atoms with Crippen molar-refractivity contribution >= 4 is 11.3 Å². The Kier molecular flexibility index (Phi) is 1.19. The van der Waals surface area contributed by atoms with Gasteiger partial charge in [-0.05, 0) is 0 Å². The second-order valence-corrected chi connectivity index (χ2v) is 1.82. The van der Waals surface area contributed by atoms with E-state index in [1.54, 1.807) is 0 Å². The molecule has 1 rings (SSSR count). The van der Waals surface area contributed by atoms with Gasteiger partial charge in [-0.25, -0.2) is 4.21 Å². The highest BCUT2D eigenvalue weighted by Gasteiger charge is 2.07. The lowest BCUT2D eigenvalue weighted by atomic mass is 10.8. The monoisotopic (exact) mass is 106 g/mol. The van der Waals surface area contributed by atoms with Crippen LogP contribution < -0.4 is 4.72 Å². The highest BCUT2D eigenvalue weighted by Crippen LogP contribution is 1.88. The van der Waals surface area contributed by atoms with Crippen LogP contribution in [0.15, 0.2) is 0 Å². The molecule has 1 fully saturated rings. The summed E-state index contributed by atoms with van der Waals surface area (Å²) in [6.07, 6.45) is 0. The van der Waals surface area contributed by atoms with Crippen LogP contribution in [0.4, 0.5) is 0 Å². The van der Waals surface area contributed by atoms with Crippen LogP contribution in [0.2, 0.25) is 0 Å². The summed E-state index contributed by atoms with van der Waals surface area (Å²) in [6.45, 7) is 1.11. The predicted molar refractivity (Wildman–Crippen MR) is 21.1 cm³/mol. The molecule has 1 aliphatic rings. The van der Waals surface area contributed by atoms with Crippen molar-refractivity contribution in [2.24, 2.45) is 0 Å². The smallest absolute Gasteiger partial charge is 0.252 e. The van der Waals surface area contributed by atoms with Gasteiger partial charge in [0.2, 0.25) is 0 Å². The van der Waals surface area contributed by atoms with E-state index < -0.39 is 11.3 Å². The van der Waals surface area contributed by atoms with E-state index in [2.05, 4.69) is 8.91 Å². The van der Waals surface area contributed by atoms with Gasteiger partial charge in [-0.15, -0.1) is 4.72 Å². The molecule has 0 spiro atoms. The van der Waals surface area contributed by atoms with Crippen LogP contribution in [-0.4, -0.2) is 17.4 Å². The third-order valence-corrected chi connectivity index (χ3v) is 1.23. The summed E-state index contributed by atoms with van der Waals surface area (Å²) >= 11 is -1.30. The van der Waals surface area contributed by atoms with E-state index in [9.17, 15) is 4.21 Å². The lowest BCUT2D eigenvalue weighted by molar-refractivity contribution is 0.392. The van der Waals surface area contributed by atoms with Gasteiger partial charge in [-0.1, -0.05) is 0 Å². The fourth-order valence-corrected chi connectivity index (χ4v) is 0.773. The average molecular weight is 106 g/mol. The molecule has 1 radical (unpaired) electrons. The van der Waals surface area contributed by atoms with Gasteiger partial charge in [-0.2, -0.15) is 0 Å². The highest BCUT2D eigenvalue weighted by atomic mass is 32.2. The van der Waals surface area contributed by atoms with Crippen LogP contribution in [0.25, 0.3) is 0 Å². The topological polar surface area (TPSA) is 40.4 Å². The minimum absolute atomic E-state index is 0.520. The van der Waals surface area contributed by atoms with Crippen molar-refractivity contribution in [3.8, 4) is 0 Å². The van der Waals surface area contributed by atoms with Crippen molar-refractivity contribution in [2.75, 3.05) is 13.2 Å². The van der Waals surface area contributed by atoms with Gasteiger partial charge in [0.15, 0.2) is 0 Å². The van der Waals surface area contributed by atoms with E-state index in [0.717, 1.165) is 0 Å². The molecular weight excluding hydrogens is 102 g/mol. The summed E-state index contributed by atoms with van der Waals surface area (Å²) in [7, 11) is 0. The molecule has 0 amide bonds. The largest absolute Gasteiger partial charge is 0.276 e. The van der Waals surface area contributed by atoms with Crippen molar-refractivity contribution in [1.29, 1.82) is 0 Å². The van der Waals surface area contributed by atoms with Gasteiger partial charge in [0.05, 0.1) is 13.2 Å². The first-order chi connectivity index (χ1) is 2.89. The van der Waals surface area contributed by atoms with Crippen molar-refractivity contribution in [3.63, 3.8) is 0 Å². The van der Waals surface area contributed by atoms with Gasteiger partial charge in [0.25, 0.3) is 11.3 Å². The zero-order chi connectivity index (χ0) is 4.41. The maximum absolute atomic E-state index is 9.97. The van der Waals surface area contributed by atoms with E-state index in [1.807, 2.05) is 0 Å². The van der Waals surface area contributed by atoms with Crippen LogP contribution in [0.5, 0.6) is 0 Å². The Morgan fingerprint density at radius 2 is 2.67 bits per heavy atom. The first-order valence-electron chi connectivity index (χ1n) is 1.62. The molecule has 35 valence electrons. The molecule has 0 N–H and O–H groups in total. The Bertz CT molecular complexity index is 65.9. The number of rotatable bonds is 0.